The van der Waals surface area contributed by atoms with Crippen molar-refractivity contribution in [2.24, 2.45) is 0 Å². The number of esters is 1. The lowest BCUT2D eigenvalue weighted by Crippen LogP contribution is -2.13. The Kier molecular flexibility index (Phi) is 5.97. The molecule has 9 heteroatoms. The van der Waals surface area contributed by atoms with Gasteiger partial charge in [0.15, 0.2) is 5.69 Å². The standard InChI is InChI=1S/C11H17ClN2O5S/c1-4-18-5-6-19-11(15)9-10(20(12,16)17)8(7(2)3)13-14-9/h7H,4-6H2,1-3H3,(H,13,14). The topological polar surface area (TPSA) is 98.3 Å². The lowest BCUT2D eigenvalue weighted by Gasteiger charge is -2.06. The van der Waals surface area contributed by atoms with Crippen molar-refractivity contribution in [3.8, 4) is 0 Å². The van der Waals surface area contributed by atoms with Crippen molar-refractivity contribution in [3.05, 3.63) is 11.4 Å². The van der Waals surface area contributed by atoms with Crippen LogP contribution in [-0.4, -0.2) is 44.4 Å². The largest absolute Gasteiger partial charge is 0.458 e. The third-order valence-electron chi connectivity index (χ3n) is 2.43. The summed E-state index contributed by atoms with van der Waals surface area (Å²) in [7, 11) is 1.26. The van der Waals surface area contributed by atoms with Gasteiger partial charge in [-0.25, -0.2) is 13.2 Å². The van der Waals surface area contributed by atoms with Gasteiger partial charge in [-0.15, -0.1) is 0 Å². The van der Waals surface area contributed by atoms with Gasteiger partial charge in [0.25, 0.3) is 9.05 Å². The predicted octanol–water partition coefficient (Wildman–Crippen LogP) is 1.65. The molecule has 1 heterocycles. The molecule has 20 heavy (non-hydrogen) atoms. The predicted molar refractivity (Wildman–Crippen MR) is 72.5 cm³/mol. The first-order chi connectivity index (χ1) is 9.29. The molecule has 0 saturated carbocycles. The molecule has 0 amide bonds. The molecule has 0 aromatic carbocycles. The summed E-state index contributed by atoms with van der Waals surface area (Å²) in [6.07, 6.45) is 0. The SMILES string of the molecule is CCOCCOC(=O)c1n[nH]c(C(C)C)c1S(=O)(=O)Cl. The summed E-state index contributed by atoms with van der Waals surface area (Å²) in [5.41, 5.74) is -0.0584. The highest BCUT2D eigenvalue weighted by atomic mass is 35.7. The lowest BCUT2D eigenvalue weighted by molar-refractivity contribution is 0.0325. The van der Waals surface area contributed by atoms with E-state index in [2.05, 4.69) is 10.2 Å². The van der Waals surface area contributed by atoms with Gasteiger partial charge in [0.05, 0.1) is 12.3 Å². The van der Waals surface area contributed by atoms with Crippen LogP contribution < -0.4 is 0 Å². The summed E-state index contributed by atoms with van der Waals surface area (Å²) < 4.78 is 33.1. The Morgan fingerprint density at radius 1 is 1.40 bits per heavy atom. The van der Waals surface area contributed by atoms with Crippen LogP contribution in [0.25, 0.3) is 0 Å². The van der Waals surface area contributed by atoms with E-state index in [4.69, 9.17) is 20.2 Å². The first-order valence-corrected chi connectivity index (χ1v) is 8.37. The maximum atomic E-state index is 11.8. The Labute approximate surface area is 122 Å². The van der Waals surface area contributed by atoms with Crippen LogP contribution >= 0.6 is 10.7 Å². The van der Waals surface area contributed by atoms with Crippen LogP contribution in [0.15, 0.2) is 4.90 Å². The quantitative estimate of drug-likeness (QED) is 0.465. The third-order valence-corrected chi connectivity index (χ3v) is 3.79. The second-order valence-corrected chi connectivity index (χ2v) is 6.74. The maximum Gasteiger partial charge on any atom is 0.360 e. The smallest absolute Gasteiger partial charge is 0.360 e. The molecule has 0 aliphatic carbocycles. The fourth-order valence-electron chi connectivity index (χ4n) is 1.53. The second kappa shape index (κ2) is 7.05. The monoisotopic (exact) mass is 324 g/mol. The number of aromatic nitrogens is 2. The summed E-state index contributed by atoms with van der Waals surface area (Å²) >= 11 is 0. The van der Waals surface area contributed by atoms with E-state index in [-0.39, 0.29) is 35.4 Å². The highest BCUT2D eigenvalue weighted by Crippen LogP contribution is 2.28. The van der Waals surface area contributed by atoms with Crippen molar-refractivity contribution in [3.63, 3.8) is 0 Å². The maximum absolute atomic E-state index is 11.8. The summed E-state index contributed by atoms with van der Waals surface area (Å²) in [6.45, 7) is 6.05. The van der Waals surface area contributed by atoms with Gasteiger partial charge < -0.3 is 9.47 Å². The van der Waals surface area contributed by atoms with Crippen molar-refractivity contribution in [1.29, 1.82) is 0 Å². The molecule has 114 valence electrons. The van der Waals surface area contributed by atoms with Gasteiger partial charge in [0.2, 0.25) is 0 Å². The number of halogens is 1. The Balaban J connectivity index is 2.98. The van der Waals surface area contributed by atoms with Crippen molar-refractivity contribution >= 4 is 25.7 Å². The van der Waals surface area contributed by atoms with Crippen molar-refractivity contribution in [2.75, 3.05) is 19.8 Å². The molecule has 1 rings (SSSR count). The highest BCUT2D eigenvalue weighted by molar-refractivity contribution is 8.13. The summed E-state index contributed by atoms with van der Waals surface area (Å²) in [6, 6.07) is 0. The van der Waals surface area contributed by atoms with Gasteiger partial charge in [-0.2, -0.15) is 5.10 Å². The minimum atomic E-state index is -4.10. The fourth-order valence-corrected chi connectivity index (χ4v) is 2.90. The van der Waals surface area contributed by atoms with E-state index in [1.54, 1.807) is 13.8 Å². The van der Waals surface area contributed by atoms with E-state index >= 15 is 0 Å². The summed E-state index contributed by atoms with van der Waals surface area (Å²) in [4.78, 5) is 11.5. The number of hydrogen-bond acceptors (Lipinski definition) is 6. The van der Waals surface area contributed by atoms with E-state index in [9.17, 15) is 13.2 Å². The van der Waals surface area contributed by atoms with Gasteiger partial charge in [0.1, 0.15) is 11.5 Å². The zero-order valence-corrected chi connectivity index (χ0v) is 13.0. The number of hydrogen-bond donors (Lipinski definition) is 1. The van der Waals surface area contributed by atoms with Crippen LogP contribution in [0.1, 0.15) is 42.9 Å². The third kappa shape index (κ3) is 4.19. The molecule has 0 atom stereocenters. The molecule has 0 spiro atoms. The van der Waals surface area contributed by atoms with Gasteiger partial charge in [0, 0.05) is 17.3 Å². The summed E-state index contributed by atoms with van der Waals surface area (Å²) in [5.74, 6) is -1.04. The van der Waals surface area contributed by atoms with Crippen LogP contribution in [0, 0.1) is 0 Å². The van der Waals surface area contributed by atoms with Crippen molar-refractivity contribution in [1.82, 2.24) is 10.2 Å². The molecule has 0 unspecified atom stereocenters. The minimum Gasteiger partial charge on any atom is -0.458 e. The first kappa shape index (κ1) is 16.9. The van der Waals surface area contributed by atoms with E-state index in [0.717, 1.165) is 0 Å². The number of H-pyrrole nitrogens is 1. The van der Waals surface area contributed by atoms with Crippen LogP contribution in [0.2, 0.25) is 0 Å². The average Bonchev–Trinajstić information content (AvgIpc) is 2.79. The number of nitrogens with one attached hydrogen (secondary N) is 1. The summed E-state index contributed by atoms with van der Waals surface area (Å²) in [5, 5.41) is 6.22. The molecule has 1 aromatic heterocycles. The Bertz CT molecular complexity index is 567. The van der Waals surface area contributed by atoms with E-state index in [1.165, 1.54) is 0 Å². The average molecular weight is 325 g/mol. The molecule has 0 fully saturated rings. The molecule has 0 radical (unpaired) electrons. The fraction of sp³-hybridized carbons (Fsp3) is 0.636. The highest BCUT2D eigenvalue weighted by Gasteiger charge is 2.30. The molecule has 0 aliphatic heterocycles. The normalized spacial score (nSPS) is 11.8. The number of carbonyl (C=O) groups is 1. The minimum absolute atomic E-state index is 0.0122. The Hall–Kier alpha value is -1.12. The molecule has 1 N–H and O–H groups in total. The second-order valence-electron chi connectivity index (χ2n) is 4.24. The number of rotatable bonds is 7. The lowest BCUT2D eigenvalue weighted by atomic mass is 10.1. The van der Waals surface area contributed by atoms with Gasteiger partial charge in [-0.3, -0.25) is 5.10 Å². The van der Waals surface area contributed by atoms with Crippen molar-refractivity contribution < 1.29 is 22.7 Å². The van der Waals surface area contributed by atoms with E-state index in [0.29, 0.717) is 6.61 Å². The molecular formula is C11H17ClN2O5S. The Morgan fingerprint density at radius 3 is 2.55 bits per heavy atom. The number of nitrogens with zero attached hydrogens (tertiary/aromatic N) is 1. The van der Waals surface area contributed by atoms with Crippen LogP contribution in [0.5, 0.6) is 0 Å². The molecule has 0 bridgehead atoms. The van der Waals surface area contributed by atoms with Gasteiger partial charge in [-0.1, -0.05) is 13.8 Å². The van der Waals surface area contributed by atoms with Crippen molar-refractivity contribution in [2.45, 2.75) is 31.6 Å². The zero-order chi connectivity index (χ0) is 15.3. The molecule has 7 nitrogen and oxygen atoms in total. The first-order valence-electron chi connectivity index (χ1n) is 6.06. The van der Waals surface area contributed by atoms with Crippen LogP contribution in [-0.2, 0) is 18.5 Å². The van der Waals surface area contributed by atoms with E-state index in [1.807, 2.05) is 6.92 Å². The molecular weight excluding hydrogens is 308 g/mol. The van der Waals surface area contributed by atoms with Crippen LogP contribution in [0.3, 0.4) is 0 Å². The number of carbonyl (C=O) groups excluding carboxylic acids is 1. The van der Waals surface area contributed by atoms with Crippen LogP contribution in [0.4, 0.5) is 0 Å². The van der Waals surface area contributed by atoms with E-state index < -0.39 is 15.0 Å². The number of ether oxygens (including phenoxy) is 2. The number of aromatic amines is 1. The zero-order valence-electron chi connectivity index (χ0n) is 11.5. The van der Waals surface area contributed by atoms with Gasteiger partial charge in [-0.05, 0) is 12.8 Å². The molecule has 0 aliphatic rings. The molecule has 1 aromatic rings. The van der Waals surface area contributed by atoms with Gasteiger partial charge >= 0.3 is 5.97 Å². The molecule has 0 saturated heterocycles. The Morgan fingerprint density at radius 2 is 2.05 bits per heavy atom.